The summed E-state index contributed by atoms with van der Waals surface area (Å²) < 4.78 is 34.5. The van der Waals surface area contributed by atoms with Gasteiger partial charge in [-0.05, 0) is 45.4 Å². The van der Waals surface area contributed by atoms with E-state index >= 15 is 0 Å². The molecule has 0 spiro atoms. The summed E-state index contributed by atoms with van der Waals surface area (Å²) in [5.41, 5.74) is 1.50. The van der Waals surface area contributed by atoms with Gasteiger partial charge in [-0.15, -0.1) is 0 Å². The van der Waals surface area contributed by atoms with Crippen molar-refractivity contribution < 1.29 is 18.3 Å². The first kappa shape index (κ1) is 19.0. The summed E-state index contributed by atoms with van der Waals surface area (Å²) in [4.78, 5) is 15.2. The number of nitrogens with one attached hydrogen (secondary N) is 1. The molecule has 150 valence electrons. The molecule has 2 aliphatic rings. The van der Waals surface area contributed by atoms with Gasteiger partial charge in [-0.25, -0.2) is 13.5 Å². The summed E-state index contributed by atoms with van der Waals surface area (Å²) in [6.07, 6.45) is 2.34. The molecule has 3 heterocycles. The molecular weight excluding hydrogens is 366 g/mol. The fourth-order valence-electron chi connectivity index (χ4n) is 4.16. The summed E-state index contributed by atoms with van der Waals surface area (Å²) in [5.74, 6) is -1.65. The molecule has 2 atom stereocenters. The minimum Gasteiger partial charge on any atom is -0.373 e. The van der Waals surface area contributed by atoms with Crippen molar-refractivity contribution in [3.63, 3.8) is 0 Å². The Morgan fingerprint density at radius 3 is 2.96 bits per heavy atom. The zero-order valence-electron chi connectivity index (χ0n) is 16.0. The third kappa shape index (κ3) is 3.54. The maximum Gasteiger partial charge on any atom is 0.255 e. The lowest BCUT2D eigenvalue weighted by Gasteiger charge is -2.35. The highest BCUT2D eigenvalue weighted by molar-refractivity contribution is 5.96. The lowest BCUT2D eigenvalue weighted by atomic mass is 10.1. The Bertz CT molecular complexity index is 899. The van der Waals surface area contributed by atoms with E-state index in [-0.39, 0.29) is 17.7 Å². The van der Waals surface area contributed by atoms with Crippen LogP contribution in [0.4, 0.5) is 8.78 Å². The highest BCUT2D eigenvalue weighted by Gasteiger charge is 2.32. The van der Waals surface area contributed by atoms with Gasteiger partial charge >= 0.3 is 0 Å². The second-order valence-corrected chi connectivity index (χ2v) is 7.51. The van der Waals surface area contributed by atoms with Gasteiger partial charge in [0.05, 0.1) is 29.7 Å². The molecule has 2 aliphatic heterocycles. The zero-order chi connectivity index (χ0) is 19.8. The largest absolute Gasteiger partial charge is 0.373 e. The van der Waals surface area contributed by atoms with Crippen LogP contribution in [-0.4, -0.2) is 59.0 Å². The standard InChI is InChI=1S/C20H24F2N4O2/c1-12-19(13(2)26(24-12)18-6-5-14(21)8-17(18)22)20(27)23-9-16-10-25-7-3-4-15(25)11-28-16/h5-6,8,15-16H,3-4,7,9-11H2,1-2H3,(H,23,27)/t15-,16-/m1/s1. The zero-order valence-corrected chi connectivity index (χ0v) is 16.0. The first-order valence-electron chi connectivity index (χ1n) is 9.59. The first-order chi connectivity index (χ1) is 13.4. The van der Waals surface area contributed by atoms with Crippen molar-refractivity contribution in [3.8, 4) is 5.69 Å². The predicted molar refractivity (Wildman–Crippen MR) is 99.6 cm³/mol. The summed E-state index contributed by atoms with van der Waals surface area (Å²) in [5, 5.41) is 7.21. The Morgan fingerprint density at radius 2 is 2.18 bits per heavy atom. The molecule has 0 bridgehead atoms. The lowest BCUT2D eigenvalue weighted by molar-refractivity contribution is -0.0461. The van der Waals surface area contributed by atoms with Gasteiger partial charge < -0.3 is 10.1 Å². The SMILES string of the molecule is Cc1nn(-c2ccc(F)cc2F)c(C)c1C(=O)NC[C@@H]1CN2CCC[C@@H]2CO1. The number of carbonyl (C=O) groups is 1. The number of aryl methyl sites for hydroxylation is 1. The van der Waals surface area contributed by atoms with Crippen molar-refractivity contribution in [1.29, 1.82) is 0 Å². The normalized spacial score (nSPS) is 22.3. The Balaban J connectivity index is 1.46. The van der Waals surface area contributed by atoms with Gasteiger partial charge in [0.25, 0.3) is 5.91 Å². The quantitative estimate of drug-likeness (QED) is 0.871. The minimum absolute atomic E-state index is 0.0384. The molecule has 1 N–H and O–H groups in total. The number of rotatable bonds is 4. The molecule has 2 aromatic rings. The number of amides is 1. The molecule has 8 heteroatoms. The second kappa shape index (κ2) is 7.60. The van der Waals surface area contributed by atoms with Crippen LogP contribution in [-0.2, 0) is 4.74 Å². The number of morpholine rings is 1. The maximum atomic E-state index is 14.1. The molecular formula is C20H24F2N4O2. The van der Waals surface area contributed by atoms with Crippen LogP contribution in [0, 0.1) is 25.5 Å². The van der Waals surface area contributed by atoms with Crippen LogP contribution in [0.5, 0.6) is 0 Å². The summed E-state index contributed by atoms with van der Waals surface area (Å²) in [6, 6.07) is 3.80. The molecule has 6 nitrogen and oxygen atoms in total. The smallest absolute Gasteiger partial charge is 0.255 e. The van der Waals surface area contributed by atoms with Crippen LogP contribution in [0.1, 0.15) is 34.6 Å². The number of aromatic nitrogens is 2. The molecule has 28 heavy (non-hydrogen) atoms. The lowest BCUT2D eigenvalue weighted by Crippen LogP contribution is -2.50. The predicted octanol–water partition coefficient (Wildman–Crippen LogP) is 2.36. The van der Waals surface area contributed by atoms with Gasteiger partial charge in [0, 0.05) is 25.2 Å². The summed E-state index contributed by atoms with van der Waals surface area (Å²) >= 11 is 0. The molecule has 4 rings (SSSR count). The third-order valence-electron chi connectivity index (χ3n) is 5.61. The number of hydrogen-bond acceptors (Lipinski definition) is 4. The minimum atomic E-state index is -0.728. The molecule has 2 fully saturated rings. The topological polar surface area (TPSA) is 59.4 Å². The average molecular weight is 390 g/mol. The van der Waals surface area contributed by atoms with E-state index in [1.54, 1.807) is 13.8 Å². The van der Waals surface area contributed by atoms with Gasteiger partial charge in [-0.1, -0.05) is 0 Å². The molecule has 1 aromatic carbocycles. The fourth-order valence-corrected chi connectivity index (χ4v) is 4.16. The van der Waals surface area contributed by atoms with Gasteiger partial charge in [-0.3, -0.25) is 9.69 Å². The van der Waals surface area contributed by atoms with Crippen molar-refractivity contribution >= 4 is 5.91 Å². The van der Waals surface area contributed by atoms with Crippen molar-refractivity contribution in [2.75, 3.05) is 26.2 Å². The summed E-state index contributed by atoms with van der Waals surface area (Å²) in [6.45, 7) is 6.43. The summed E-state index contributed by atoms with van der Waals surface area (Å²) in [7, 11) is 0. The van der Waals surface area contributed by atoms with Gasteiger partial charge in [0.15, 0.2) is 5.82 Å². The molecule has 1 aromatic heterocycles. The van der Waals surface area contributed by atoms with Crippen molar-refractivity contribution in [2.45, 2.75) is 38.8 Å². The van der Waals surface area contributed by atoms with Crippen molar-refractivity contribution in [3.05, 3.63) is 46.8 Å². The molecule has 0 aliphatic carbocycles. The molecule has 0 saturated carbocycles. The van der Waals surface area contributed by atoms with Crippen LogP contribution in [0.25, 0.3) is 5.69 Å². The van der Waals surface area contributed by atoms with E-state index in [9.17, 15) is 13.6 Å². The monoisotopic (exact) mass is 390 g/mol. The second-order valence-electron chi connectivity index (χ2n) is 7.51. The average Bonchev–Trinajstić information content (AvgIpc) is 3.23. The van der Waals surface area contributed by atoms with Gasteiger partial charge in [0.1, 0.15) is 11.5 Å². The number of fused-ring (bicyclic) bond motifs is 1. The van der Waals surface area contributed by atoms with E-state index in [4.69, 9.17) is 4.74 Å². The molecule has 0 unspecified atom stereocenters. The number of nitrogens with zero attached hydrogens (tertiary/aromatic N) is 3. The van der Waals surface area contributed by atoms with Crippen LogP contribution in [0.15, 0.2) is 18.2 Å². The van der Waals surface area contributed by atoms with E-state index < -0.39 is 11.6 Å². The third-order valence-corrected chi connectivity index (χ3v) is 5.61. The molecule has 0 radical (unpaired) electrons. The van der Waals surface area contributed by atoms with Crippen molar-refractivity contribution in [2.24, 2.45) is 0 Å². The van der Waals surface area contributed by atoms with E-state index in [2.05, 4.69) is 15.3 Å². The van der Waals surface area contributed by atoms with Gasteiger partial charge in [0.2, 0.25) is 0 Å². The van der Waals surface area contributed by atoms with E-state index in [0.717, 1.165) is 19.2 Å². The number of halogens is 2. The Kier molecular flexibility index (Phi) is 5.16. The Labute approximate surface area is 162 Å². The maximum absolute atomic E-state index is 14.1. The van der Waals surface area contributed by atoms with Crippen LogP contribution >= 0.6 is 0 Å². The van der Waals surface area contributed by atoms with E-state index in [1.165, 1.54) is 29.7 Å². The van der Waals surface area contributed by atoms with Crippen molar-refractivity contribution in [1.82, 2.24) is 20.0 Å². The Morgan fingerprint density at radius 1 is 1.36 bits per heavy atom. The van der Waals surface area contributed by atoms with Crippen LogP contribution in [0.2, 0.25) is 0 Å². The molecule has 1 amide bonds. The Hall–Kier alpha value is -2.32. The van der Waals surface area contributed by atoms with Gasteiger partial charge in [-0.2, -0.15) is 5.10 Å². The van der Waals surface area contributed by atoms with Crippen LogP contribution in [0.3, 0.4) is 0 Å². The number of ether oxygens (including phenoxy) is 1. The number of benzene rings is 1. The van der Waals surface area contributed by atoms with Crippen LogP contribution < -0.4 is 5.32 Å². The molecule has 2 saturated heterocycles. The van der Waals surface area contributed by atoms with E-state index in [1.807, 2.05) is 0 Å². The van der Waals surface area contributed by atoms with E-state index in [0.29, 0.717) is 36.1 Å². The number of hydrogen-bond donors (Lipinski definition) is 1. The fraction of sp³-hybridized carbons (Fsp3) is 0.500. The highest BCUT2D eigenvalue weighted by atomic mass is 19.1. The first-order valence-corrected chi connectivity index (χ1v) is 9.59. The number of carbonyl (C=O) groups excluding carboxylic acids is 1. The highest BCUT2D eigenvalue weighted by Crippen LogP contribution is 2.23.